The zero-order valence-electron chi connectivity index (χ0n) is 9.14. The average molecular weight is 214 g/mol. The number of benzene rings is 2. The summed E-state index contributed by atoms with van der Waals surface area (Å²) in [7, 11) is 0. The third-order valence-corrected chi connectivity index (χ3v) is 2.70. The van der Waals surface area contributed by atoms with Crippen LogP contribution in [0.1, 0.15) is 16.7 Å². The number of aryl methyl sites for hydroxylation is 1. The fourth-order valence-corrected chi connectivity index (χ4v) is 1.74. The molecule has 2 heteroatoms. The molecule has 2 aromatic carbocycles. The van der Waals surface area contributed by atoms with Crippen LogP contribution in [0.2, 0.25) is 0 Å². The van der Waals surface area contributed by atoms with Crippen molar-refractivity contribution in [3.8, 4) is 11.5 Å². The molecule has 0 aliphatic carbocycles. The van der Waals surface area contributed by atoms with E-state index in [2.05, 4.69) is 0 Å². The van der Waals surface area contributed by atoms with Gasteiger partial charge in [-0.3, -0.25) is 0 Å². The van der Waals surface area contributed by atoms with Crippen LogP contribution in [0.3, 0.4) is 0 Å². The molecule has 0 aromatic heterocycles. The van der Waals surface area contributed by atoms with Crippen LogP contribution in [-0.2, 0) is 6.42 Å². The van der Waals surface area contributed by atoms with Gasteiger partial charge in [-0.05, 0) is 41.8 Å². The van der Waals surface area contributed by atoms with Gasteiger partial charge in [0.15, 0.2) is 0 Å². The van der Waals surface area contributed by atoms with Crippen molar-refractivity contribution in [2.75, 3.05) is 0 Å². The number of hydrogen-bond acceptors (Lipinski definition) is 2. The van der Waals surface area contributed by atoms with E-state index in [-0.39, 0.29) is 5.75 Å². The smallest absolute Gasteiger partial charge is 0.119 e. The minimum Gasteiger partial charge on any atom is -0.508 e. The van der Waals surface area contributed by atoms with Crippen LogP contribution in [0.15, 0.2) is 42.5 Å². The summed E-state index contributed by atoms with van der Waals surface area (Å²) in [5.74, 6) is 0.591. The van der Waals surface area contributed by atoms with Gasteiger partial charge in [-0.25, -0.2) is 0 Å². The van der Waals surface area contributed by atoms with Crippen molar-refractivity contribution >= 4 is 0 Å². The molecular formula is C14H14O2. The van der Waals surface area contributed by atoms with Crippen LogP contribution in [0.4, 0.5) is 0 Å². The quantitative estimate of drug-likeness (QED) is 0.806. The molecule has 0 fully saturated rings. The van der Waals surface area contributed by atoms with Crippen molar-refractivity contribution in [2.45, 2.75) is 13.3 Å². The third-order valence-electron chi connectivity index (χ3n) is 2.70. The normalized spacial score (nSPS) is 10.3. The molecule has 0 saturated carbocycles. The molecule has 0 aliphatic rings. The Morgan fingerprint density at radius 2 is 1.69 bits per heavy atom. The molecule has 16 heavy (non-hydrogen) atoms. The Morgan fingerprint density at radius 3 is 2.38 bits per heavy atom. The Bertz CT molecular complexity index is 504. The first-order chi connectivity index (χ1) is 7.66. The molecule has 0 amide bonds. The van der Waals surface area contributed by atoms with Gasteiger partial charge in [-0.2, -0.15) is 0 Å². The predicted molar refractivity (Wildman–Crippen MR) is 63.8 cm³/mol. The summed E-state index contributed by atoms with van der Waals surface area (Å²) in [6, 6.07) is 12.6. The zero-order valence-corrected chi connectivity index (χ0v) is 9.14. The molecule has 0 saturated heterocycles. The number of para-hydroxylation sites is 1. The molecule has 0 atom stereocenters. The maximum absolute atomic E-state index is 9.67. The molecule has 2 aromatic rings. The largest absolute Gasteiger partial charge is 0.508 e. The fourth-order valence-electron chi connectivity index (χ4n) is 1.74. The van der Waals surface area contributed by atoms with E-state index in [1.807, 2.05) is 31.2 Å². The summed E-state index contributed by atoms with van der Waals surface area (Å²) in [4.78, 5) is 0. The van der Waals surface area contributed by atoms with Gasteiger partial charge in [0, 0.05) is 6.42 Å². The second-order valence-electron chi connectivity index (χ2n) is 3.92. The molecule has 2 rings (SSSR count). The van der Waals surface area contributed by atoms with E-state index in [4.69, 9.17) is 0 Å². The summed E-state index contributed by atoms with van der Waals surface area (Å²) >= 11 is 0. The van der Waals surface area contributed by atoms with E-state index in [0.29, 0.717) is 12.2 Å². The molecule has 0 radical (unpaired) electrons. The molecular weight excluding hydrogens is 200 g/mol. The first kappa shape index (κ1) is 10.6. The first-order valence-corrected chi connectivity index (χ1v) is 5.22. The minimum atomic E-state index is 0.276. The van der Waals surface area contributed by atoms with Gasteiger partial charge in [-0.15, -0.1) is 0 Å². The summed E-state index contributed by atoms with van der Waals surface area (Å²) in [5, 5.41) is 19.0. The molecule has 2 nitrogen and oxygen atoms in total. The Hall–Kier alpha value is -1.96. The molecule has 0 heterocycles. The van der Waals surface area contributed by atoms with E-state index < -0.39 is 0 Å². The number of phenols is 2. The van der Waals surface area contributed by atoms with Gasteiger partial charge < -0.3 is 10.2 Å². The highest BCUT2D eigenvalue weighted by molar-refractivity contribution is 5.41. The Kier molecular flexibility index (Phi) is 2.82. The highest BCUT2D eigenvalue weighted by atomic mass is 16.3. The van der Waals surface area contributed by atoms with Crippen molar-refractivity contribution < 1.29 is 10.2 Å². The van der Waals surface area contributed by atoms with Crippen LogP contribution in [0, 0.1) is 6.92 Å². The maximum Gasteiger partial charge on any atom is 0.119 e. The Labute approximate surface area is 94.8 Å². The second kappa shape index (κ2) is 4.27. The van der Waals surface area contributed by atoms with Crippen LogP contribution in [0.25, 0.3) is 0 Å². The van der Waals surface area contributed by atoms with Crippen LogP contribution < -0.4 is 0 Å². The van der Waals surface area contributed by atoms with Crippen molar-refractivity contribution in [1.82, 2.24) is 0 Å². The maximum atomic E-state index is 9.67. The van der Waals surface area contributed by atoms with Gasteiger partial charge in [0.2, 0.25) is 0 Å². The summed E-state index contributed by atoms with van der Waals surface area (Å²) in [5.41, 5.74) is 3.04. The lowest BCUT2D eigenvalue weighted by Gasteiger charge is -2.07. The number of aromatic hydroxyl groups is 2. The topological polar surface area (TPSA) is 40.5 Å². The summed E-state index contributed by atoms with van der Waals surface area (Å²) in [6.07, 6.45) is 0.679. The monoisotopic (exact) mass is 214 g/mol. The van der Waals surface area contributed by atoms with Gasteiger partial charge in [0.05, 0.1) is 0 Å². The van der Waals surface area contributed by atoms with Gasteiger partial charge >= 0.3 is 0 Å². The molecule has 82 valence electrons. The standard InChI is InChI=1S/C14H14O2/c1-10-8-13(15)7-6-11(10)9-12-4-2-3-5-14(12)16/h2-8,15-16H,9H2,1H3. The predicted octanol–water partition coefficient (Wildman–Crippen LogP) is 3.00. The summed E-state index contributed by atoms with van der Waals surface area (Å²) in [6.45, 7) is 1.95. The van der Waals surface area contributed by atoms with E-state index in [9.17, 15) is 10.2 Å². The molecule has 0 aliphatic heterocycles. The number of rotatable bonds is 2. The first-order valence-electron chi connectivity index (χ1n) is 5.22. The van der Waals surface area contributed by atoms with Gasteiger partial charge in [-0.1, -0.05) is 24.3 Å². The van der Waals surface area contributed by atoms with Crippen molar-refractivity contribution in [1.29, 1.82) is 0 Å². The van der Waals surface area contributed by atoms with Crippen LogP contribution in [-0.4, -0.2) is 10.2 Å². The third kappa shape index (κ3) is 2.16. The van der Waals surface area contributed by atoms with Crippen LogP contribution in [0.5, 0.6) is 11.5 Å². The lowest BCUT2D eigenvalue weighted by Crippen LogP contribution is -1.91. The highest BCUT2D eigenvalue weighted by Gasteiger charge is 2.04. The minimum absolute atomic E-state index is 0.276. The SMILES string of the molecule is Cc1cc(O)ccc1Cc1ccccc1O. The average Bonchev–Trinajstić information content (AvgIpc) is 2.25. The molecule has 0 bridgehead atoms. The molecule has 0 spiro atoms. The highest BCUT2D eigenvalue weighted by Crippen LogP contribution is 2.23. The Balaban J connectivity index is 2.31. The molecule has 0 unspecified atom stereocenters. The van der Waals surface area contributed by atoms with Crippen molar-refractivity contribution in [3.63, 3.8) is 0 Å². The van der Waals surface area contributed by atoms with E-state index in [0.717, 1.165) is 16.7 Å². The van der Waals surface area contributed by atoms with E-state index in [1.54, 1.807) is 18.2 Å². The van der Waals surface area contributed by atoms with Crippen molar-refractivity contribution in [2.24, 2.45) is 0 Å². The van der Waals surface area contributed by atoms with Gasteiger partial charge in [0.1, 0.15) is 11.5 Å². The number of hydrogen-bond donors (Lipinski definition) is 2. The van der Waals surface area contributed by atoms with Gasteiger partial charge in [0.25, 0.3) is 0 Å². The Morgan fingerprint density at radius 1 is 0.938 bits per heavy atom. The zero-order chi connectivity index (χ0) is 11.5. The lowest BCUT2D eigenvalue weighted by molar-refractivity contribution is 0.469. The lowest BCUT2D eigenvalue weighted by atomic mass is 10.00. The van der Waals surface area contributed by atoms with E-state index in [1.165, 1.54) is 0 Å². The summed E-state index contributed by atoms with van der Waals surface area (Å²) < 4.78 is 0. The molecule has 2 N–H and O–H groups in total. The van der Waals surface area contributed by atoms with E-state index >= 15 is 0 Å². The number of phenolic OH excluding ortho intramolecular Hbond substituents is 2. The van der Waals surface area contributed by atoms with Crippen LogP contribution >= 0.6 is 0 Å². The fraction of sp³-hybridized carbons (Fsp3) is 0.143. The van der Waals surface area contributed by atoms with Crippen molar-refractivity contribution in [3.05, 3.63) is 59.2 Å². The second-order valence-corrected chi connectivity index (χ2v) is 3.92.